The summed E-state index contributed by atoms with van der Waals surface area (Å²) in [4.78, 5) is 4.07. The van der Waals surface area contributed by atoms with E-state index >= 15 is 0 Å². The zero-order valence-electron chi connectivity index (χ0n) is 7.70. The maximum Gasteiger partial charge on any atom is 0.146 e. The van der Waals surface area contributed by atoms with Crippen molar-refractivity contribution in [3.63, 3.8) is 0 Å². The number of benzene rings is 1. The molecule has 0 unspecified atom stereocenters. The number of halogens is 1. The fourth-order valence-corrected chi connectivity index (χ4v) is 1.72. The van der Waals surface area contributed by atoms with E-state index < -0.39 is 6.17 Å². The van der Waals surface area contributed by atoms with Crippen molar-refractivity contribution >= 4 is 5.71 Å². The van der Waals surface area contributed by atoms with Gasteiger partial charge in [-0.15, -0.1) is 6.42 Å². The minimum absolute atomic E-state index is 0.254. The molecule has 0 aliphatic heterocycles. The van der Waals surface area contributed by atoms with E-state index in [1.54, 1.807) is 0 Å². The lowest BCUT2D eigenvalue weighted by molar-refractivity contribution is 0.431. The highest BCUT2D eigenvalue weighted by Crippen LogP contribution is 2.24. The number of hydrogen-bond acceptors (Lipinski definition) is 1. The number of terminal acetylenes is 1. The molecule has 0 saturated carbocycles. The summed E-state index contributed by atoms with van der Waals surface area (Å²) < 4.78 is 13.5. The molecule has 0 amide bonds. The molecule has 2 heteroatoms. The van der Waals surface area contributed by atoms with Gasteiger partial charge in [-0.1, -0.05) is 30.2 Å². The second-order valence-corrected chi connectivity index (χ2v) is 3.23. The van der Waals surface area contributed by atoms with Crippen LogP contribution in [0, 0.1) is 12.3 Å². The molecule has 1 aliphatic rings. The van der Waals surface area contributed by atoms with Crippen molar-refractivity contribution in [3.8, 4) is 12.3 Å². The standard InChI is InChI=1S/C12H10FN/c1-2-7-14-12-10-6-4-3-5-9(10)8-11(12)13/h1,3-6,11H,7-8H2/t11-/m0/s1. The lowest BCUT2D eigenvalue weighted by Gasteiger charge is -1.99. The van der Waals surface area contributed by atoms with Crippen molar-refractivity contribution < 1.29 is 4.39 Å². The Balaban J connectivity index is 2.40. The van der Waals surface area contributed by atoms with Crippen molar-refractivity contribution in [2.75, 3.05) is 6.54 Å². The molecule has 0 saturated heterocycles. The molecule has 2 rings (SSSR count). The molecule has 0 spiro atoms. The van der Waals surface area contributed by atoms with E-state index in [0.717, 1.165) is 11.1 Å². The highest BCUT2D eigenvalue weighted by Gasteiger charge is 2.27. The first-order valence-corrected chi connectivity index (χ1v) is 4.53. The Labute approximate surface area is 82.7 Å². The second-order valence-electron chi connectivity index (χ2n) is 3.23. The summed E-state index contributed by atoms with van der Waals surface area (Å²) in [6.07, 6.45) is 4.54. The average molecular weight is 187 g/mol. The van der Waals surface area contributed by atoms with Crippen LogP contribution in [0.2, 0.25) is 0 Å². The molecule has 0 bridgehead atoms. The highest BCUT2D eigenvalue weighted by molar-refractivity contribution is 6.07. The van der Waals surface area contributed by atoms with Crippen molar-refractivity contribution in [1.82, 2.24) is 0 Å². The topological polar surface area (TPSA) is 12.4 Å². The Hall–Kier alpha value is -1.62. The van der Waals surface area contributed by atoms with Crippen LogP contribution in [0.4, 0.5) is 4.39 Å². The van der Waals surface area contributed by atoms with Gasteiger partial charge in [0.05, 0.1) is 12.3 Å². The predicted molar refractivity (Wildman–Crippen MR) is 55.3 cm³/mol. The van der Waals surface area contributed by atoms with Crippen LogP contribution in [-0.2, 0) is 6.42 Å². The van der Waals surface area contributed by atoms with E-state index in [4.69, 9.17) is 6.42 Å². The van der Waals surface area contributed by atoms with E-state index in [-0.39, 0.29) is 6.54 Å². The first-order chi connectivity index (χ1) is 6.83. The molecular weight excluding hydrogens is 177 g/mol. The fourth-order valence-electron chi connectivity index (χ4n) is 1.72. The summed E-state index contributed by atoms with van der Waals surface area (Å²) >= 11 is 0. The van der Waals surface area contributed by atoms with Crippen molar-refractivity contribution in [1.29, 1.82) is 0 Å². The number of hydrogen-bond donors (Lipinski definition) is 0. The molecule has 0 N–H and O–H groups in total. The van der Waals surface area contributed by atoms with Crippen molar-refractivity contribution in [2.45, 2.75) is 12.6 Å². The molecule has 70 valence electrons. The lowest BCUT2D eigenvalue weighted by Crippen LogP contribution is -2.11. The molecule has 1 aromatic rings. The number of nitrogens with zero attached hydrogens (tertiary/aromatic N) is 1. The largest absolute Gasteiger partial charge is 0.273 e. The Kier molecular flexibility index (Phi) is 2.32. The van der Waals surface area contributed by atoms with E-state index in [1.165, 1.54) is 0 Å². The molecule has 1 aromatic carbocycles. The van der Waals surface area contributed by atoms with Crippen LogP contribution >= 0.6 is 0 Å². The van der Waals surface area contributed by atoms with E-state index in [9.17, 15) is 4.39 Å². The Morgan fingerprint density at radius 1 is 1.50 bits per heavy atom. The summed E-state index contributed by atoms with van der Waals surface area (Å²) in [5.74, 6) is 2.39. The Morgan fingerprint density at radius 2 is 2.29 bits per heavy atom. The van der Waals surface area contributed by atoms with Crippen LogP contribution in [0.25, 0.3) is 0 Å². The Bertz CT molecular complexity index is 415. The summed E-state index contributed by atoms with van der Waals surface area (Å²) in [5.41, 5.74) is 2.45. The molecule has 1 aliphatic carbocycles. The molecule has 1 nitrogen and oxygen atoms in total. The maximum atomic E-state index is 13.5. The van der Waals surface area contributed by atoms with Crippen molar-refractivity contribution in [3.05, 3.63) is 35.4 Å². The van der Waals surface area contributed by atoms with Gasteiger partial charge in [-0.05, 0) is 5.56 Å². The zero-order chi connectivity index (χ0) is 9.97. The molecule has 0 heterocycles. The summed E-state index contributed by atoms with van der Waals surface area (Å²) in [7, 11) is 0. The summed E-state index contributed by atoms with van der Waals surface area (Å²) in [6, 6.07) is 7.63. The van der Waals surface area contributed by atoms with Gasteiger partial charge >= 0.3 is 0 Å². The van der Waals surface area contributed by atoms with E-state index in [1.807, 2.05) is 24.3 Å². The average Bonchev–Trinajstić information content (AvgIpc) is 2.51. The van der Waals surface area contributed by atoms with Gasteiger partial charge in [-0.3, -0.25) is 4.99 Å². The quantitative estimate of drug-likeness (QED) is 0.596. The van der Waals surface area contributed by atoms with Gasteiger partial charge in [0.1, 0.15) is 6.17 Å². The third kappa shape index (κ3) is 1.42. The number of rotatable bonds is 1. The molecule has 1 atom stereocenters. The third-order valence-electron chi connectivity index (χ3n) is 2.33. The van der Waals surface area contributed by atoms with Gasteiger partial charge in [-0.25, -0.2) is 4.39 Å². The van der Waals surface area contributed by atoms with Gasteiger partial charge < -0.3 is 0 Å². The Morgan fingerprint density at radius 3 is 3.07 bits per heavy atom. The highest BCUT2D eigenvalue weighted by atomic mass is 19.1. The summed E-state index contributed by atoms with van der Waals surface area (Å²) in [5, 5.41) is 0. The molecule has 0 aromatic heterocycles. The molecule has 0 fully saturated rings. The van der Waals surface area contributed by atoms with Crippen LogP contribution in [0.15, 0.2) is 29.3 Å². The molecular formula is C12H10FN. The van der Waals surface area contributed by atoms with Crippen LogP contribution in [-0.4, -0.2) is 18.4 Å². The van der Waals surface area contributed by atoms with E-state index in [0.29, 0.717) is 12.1 Å². The normalized spacial score (nSPS) is 22.0. The van der Waals surface area contributed by atoms with Crippen LogP contribution in [0.1, 0.15) is 11.1 Å². The van der Waals surface area contributed by atoms with Crippen LogP contribution < -0.4 is 0 Å². The predicted octanol–water partition coefficient (Wildman–Crippen LogP) is 2.00. The second kappa shape index (κ2) is 3.63. The third-order valence-corrected chi connectivity index (χ3v) is 2.33. The SMILES string of the molecule is C#CCN=C1c2ccccc2C[C@@H]1F. The smallest absolute Gasteiger partial charge is 0.146 e. The van der Waals surface area contributed by atoms with Gasteiger partial charge in [0.15, 0.2) is 0 Å². The van der Waals surface area contributed by atoms with Gasteiger partial charge in [0.25, 0.3) is 0 Å². The number of fused-ring (bicyclic) bond motifs is 1. The van der Waals surface area contributed by atoms with Gasteiger partial charge in [0, 0.05) is 12.0 Å². The zero-order valence-corrected chi connectivity index (χ0v) is 7.70. The van der Waals surface area contributed by atoms with Crippen molar-refractivity contribution in [2.24, 2.45) is 4.99 Å². The monoisotopic (exact) mass is 187 g/mol. The summed E-state index contributed by atoms with van der Waals surface area (Å²) in [6.45, 7) is 0.254. The van der Waals surface area contributed by atoms with E-state index in [2.05, 4.69) is 10.9 Å². The minimum Gasteiger partial charge on any atom is -0.273 e. The minimum atomic E-state index is -0.985. The van der Waals surface area contributed by atoms with Gasteiger partial charge in [-0.2, -0.15) is 0 Å². The number of alkyl halides is 1. The molecule has 0 radical (unpaired) electrons. The fraction of sp³-hybridized carbons (Fsp3) is 0.250. The molecule has 14 heavy (non-hydrogen) atoms. The van der Waals surface area contributed by atoms with Crippen LogP contribution in [0.5, 0.6) is 0 Å². The van der Waals surface area contributed by atoms with Gasteiger partial charge in [0.2, 0.25) is 0 Å². The first-order valence-electron chi connectivity index (χ1n) is 4.53. The first kappa shape index (κ1) is 8.96. The number of aliphatic imine (C=N–C) groups is 1. The van der Waals surface area contributed by atoms with Crippen LogP contribution in [0.3, 0.4) is 0 Å². The maximum absolute atomic E-state index is 13.5. The lowest BCUT2D eigenvalue weighted by atomic mass is 10.1.